The van der Waals surface area contributed by atoms with Crippen LogP contribution in [0.5, 0.6) is 0 Å². The summed E-state index contributed by atoms with van der Waals surface area (Å²) in [5.74, 6) is 0. The van der Waals surface area contributed by atoms with Crippen molar-refractivity contribution in [2.45, 2.75) is 32.4 Å². The fourth-order valence-electron chi connectivity index (χ4n) is 1.48. The van der Waals surface area contributed by atoms with Gasteiger partial charge in [0.1, 0.15) is 0 Å². The molecule has 2 unspecified atom stereocenters. The van der Waals surface area contributed by atoms with Gasteiger partial charge in [0.25, 0.3) is 0 Å². The summed E-state index contributed by atoms with van der Waals surface area (Å²) in [6.45, 7) is 5.64. The van der Waals surface area contributed by atoms with Crippen LogP contribution in [0, 0.1) is 0 Å². The highest BCUT2D eigenvalue weighted by Gasteiger charge is 2.30. The predicted octanol–water partition coefficient (Wildman–Crippen LogP) is 0.480. The van der Waals surface area contributed by atoms with Crippen LogP contribution in [-0.4, -0.2) is 48.1 Å². The Bertz CT molecular complexity index is 193. The number of urea groups is 1. The fourth-order valence-corrected chi connectivity index (χ4v) is 1.48. The number of hydrogen-bond donors (Lipinski definition) is 1. The SMILES string of the molecule is CC(N)CCN1CC(C)N(C)C1=O. The molecule has 13 heavy (non-hydrogen) atoms. The largest absolute Gasteiger partial charge is 0.328 e. The van der Waals surface area contributed by atoms with Crippen LogP contribution in [0.25, 0.3) is 0 Å². The van der Waals surface area contributed by atoms with Gasteiger partial charge >= 0.3 is 6.03 Å². The van der Waals surface area contributed by atoms with E-state index in [0.717, 1.165) is 19.5 Å². The molecule has 0 saturated carbocycles. The second-order valence-electron chi connectivity index (χ2n) is 3.95. The van der Waals surface area contributed by atoms with E-state index in [0.29, 0.717) is 6.04 Å². The van der Waals surface area contributed by atoms with Gasteiger partial charge in [0.05, 0.1) is 0 Å². The first-order chi connectivity index (χ1) is 6.02. The van der Waals surface area contributed by atoms with Gasteiger partial charge in [-0.3, -0.25) is 0 Å². The number of carbonyl (C=O) groups excluding carboxylic acids is 1. The van der Waals surface area contributed by atoms with Gasteiger partial charge in [-0.25, -0.2) is 4.79 Å². The van der Waals surface area contributed by atoms with Crippen molar-refractivity contribution in [1.82, 2.24) is 9.80 Å². The zero-order valence-corrected chi connectivity index (χ0v) is 8.66. The van der Waals surface area contributed by atoms with Crippen molar-refractivity contribution in [3.8, 4) is 0 Å². The van der Waals surface area contributed by atoms with Crippen LogP contribution in [-0.2, 0) is 0 Å². The van der Waals surface area contributed by atoms with E-state index in [1.54, 1.807) is 4.90 Å². The second-order valence-corrected chi connectivity index (χ2v) is 3.95. The van der Waals surface area contributed by atoms with Gasteiger partial charge in [0.15, 0.2) is 0 Å². The summed E-state index contributed by atoms with van der Waals surface area (Å²) in [5.41, 5.74) is 5.63. The zero-order valence-electron chi connectivity index (χ0n) is 8.66. The Balaban J connectivity index is 2.40. The quantitative estimate of drug-likeness (QED) is 0.695. The molecule has 1 rings (SSSR count). The first-order valence-electron chi connectivity index (χ1n) is 4.79. The van der Waals surface area contributed by atoms with Crippen LogP contribution in [0.15, 0.2) is 0 Å². The molecule has 0 aromatic heterocycles. The lowest BCUT2D eigenvalue weighted by Gasteiger charge is -2.16. The van der Waals surface area contributed by atoms with E-state index in [9.17, 15) is 4.79 Å². The summed E-state index contributed by atoms with van der Waals surface area (Å²) in [7, 11) is 1.85. The van der Waals surface area contributed by atoms with Gasteiger partial charge in [0, 0.05) is 32.2 Å². The molecule has 76 valence electrons. The minimum atomic E-state index is 0.133. The summed E-state index contributed by atoms with van der Waals surface area (Å²) in [4.78, 5) is 15.2. The van der Waals surface area contributed by atoms with Crippen molar-refractivity contribution in [2.75, 3.05) is 20.1 Å². The maximum atomic E-state index is 11.5. The van der Waals surface area contributed by atoms with Gasteiger partial charge in [-0.1, -0.05) is 0 Å². The fraction of sp³-hybridized carbons (Fsp3) is 0.889. The summed E-state index contributed by atoms with van der Waals surface area (Å²) in [6, 6.07) is 0.641. The molecule has 4 heteroatoms. The van der Waals surface area contributed by atoms with Crippen molar-refractivity contribution < 1.29 is 4.79 Å². The first kappa shape index (κ1) is 10.3. The second kappa shape index (κ2) is 3.96. The number of hydrogen-bond acceptors (Lipinski definition) is 2. The average molecular weight is 185 g/mol. The van der Waals surface area contributed by atoms with Gasteiger partial charge in [-0.2, -0.15) is 0 Å². The van der Waals surface area contributed by atoms with Crippen molar-refractivity contribution in [3.63, 3.8) is 0 Å². The molecule has 0 radical (unpaired) electrons. The van der Waals surface area contributed by atoms with Gasteiger partial charge < -0.3 is 15.5 Å². The number of rotatable bonds is 3. The lowest BCUT2D eigenvalue weighted by atomic mass is 10.2. The standard InChI is InChI=1S/C9H19N3O/c1-7(10)4-5-12-6-8(2)11(3)9(12)13/h7-8H,4-6,10H2,1-3H3. The maximum absolute atomic E-state index is 11.5. The summed E-state index contributed by atoms with van der Waals surface area (Å²) in [6.07, 6.45) is 0.881. The highest BCUT2D eigenvalue weighted by atomic mass is 16.2. The average Bonchev–Trinajstić information content (AvgIpc) is 2.29. The number of nitrogens with zero attached hydrogens (tertiary/aromatic N) is 2. The van der Waals surface area contributed by atoms with Crippen LogP contribution >= 0.6 is 0 Å². The van der Waals surface area contributed by atoms with E-state index < -0.39 is 0 Å². The molecule has 2 N–H and O–H groups in total. The van der Waals surface area contributed by atoms with E-state index in [2.05, 4.69) is 6.92 Å². The molecule has 0 aliphatic carbocycles. The molecule has 1 aliphatic heterocycles. The highest BCUT2D eigenvalue weighted by Crippen LogP contribution is 2.13. The Hall–Kier alpha value is -0.770. The lowest BCUT2D eigenvalue weighted by Crippen LogP contribution is -2.33. The Morgan fingerprint density at radius 1 is 1.69 bits per heavy atom. The molecule has 1 saturated heterocycles. The Kier molecular flexibility index (Phi) is 3.14. The van der Waals surface area contributed by atoms with Crippen LogP contribution < -0.4 is 5.73 Å². The molecule has 1 aliphatic rings. The Labute approximate surface area is 79.7 Å². The third-order valence-electron chi connectivity index (χ3n) is 2.57. The third-order valence-corrected chi connectivity index (χ3v) is 2.57. The molecule has 1 fully saturated rings. The molecule has 0 bridgehead atoms. The van der Waals surface area contributed by atoms with Gasteiger partial charge in [0.2, 0.25) is 0 Å². The Morgan fingerprint density at radius 2 is 2.31 bits per heavy atom. The summed E-state index contributed by atoms with van der Waals surface area (Å²) < 4.78 is 0. The van der Waals surface area contributed by atoms with Crippen LogP contribution in [0.4, 0.5) is 4.79 Å². The van der Waals surface area contributed by atoms with Crippen LogP contribution in [0.1, 0.15) is 20.3 Å². The van der Waals surface area contributed by atoms with Crippen molar-refractivity contribution >= 4 is 6.03 Å². The van der Waals surface area contributed by atoms with E-state index in [1.807, 2.05) is 18.9 Å². The van der Waals surface area contributed by atoms with E-state index in [4.69, 9.17) is 5.73 Å². The van der Waals surface area contributed by atoms with Crippen molar-refractivity contribution in [3.05, 3.63) is 0 Å². The zero-order chi connectivity index (χ0) is 10.0. The monoisotopic (exact) mass is 185 g/mol. The van der Waals surface area contributed by atoms with Crippen LogP contribution in [0.3, 0.4) is 0 Å². The molecule has 2 amide bonds. The number of nitrogens with two attached hydrogens (primary N) is 1. The normalized spacial score (nSPS) is 25.5. The number of carbonyl (C=O) groups is 1. The number of amides is 2. The first-order valence-corrected chi connectivity index (χ1v) is 4.79. The van der Waals surface area contributed by atoms with E-state index in [-0.39, 0.29) is 12.1 Å². The molecule has 2 atom stereocenters. The molecule has 0 aromatic carbocycles. The molecule has 0 aromatic rings. The summed E-state index contributed by atoms with van der Waals surface area (Å²) >= 11 is 0. The van der Waals surface area contributed by atoms with Crippen molar-refractivity contribution in [1.29, 1.82) is 0 Å². The minimum absolute atomic E-state index is 0.133. The predicted molar refractivity (Wildman–Crippen MR) is 52.5 cm³/mol. The molecule has 1 heterocycles. The van der Waals surface area contributed by atoms with Gasteiger partial charge in [-0.05, 0) is 20.3 Å². The topological polar surface area (TPSA) is 49.6 Å². The smallest absolute Gasteiger partial charge is 0.320 e. The van der Waals surface area contributed by atoms with Crippen molar-refractivity contribution in [2.24, 2.45) is 5.73 Å². The van der Waals surface area contributed by atoms with E-state index >= 15 is 0 Å². The van der Waals surface area contributed by atoms with E-state index in [1.165, 1.54) is 0 Å². The van der Waals surface area contributed by atoms with Gasteiger partial charge in [-0.15, -0.1) is 0 Å². The molecule has 4 nitrogen and oxygen atoms in total. The molecular weight excluding hydrogens is 166 g/mol. The lowest BCUT2D eigenvalue weighted by molar-refractivity contribution is 0.195. The number of likely N-dealkylation sites (N-methyl/N-ethyl adjacent to an activating group) is 1. The summed E-state index contributed by atoms with van der Waals surface area (Å²) in [5, 5.41) is 0. The molecule has 0 spiro atoms. The third kappa shape index (κ3) is 2.34. The molecular formula is C9H19N3O. The highest BCUT2D eigenvalue weighted by molar-refractivity contribution is 5.76. The minimum Gasteiger partial charge on any atom is -0.328 e. The Morgan fingerprint density at radius 3 is 2.69 bits per heavy atom. The maximum Gasteiger partial charge on any atom is 0.320 e. The van der Waals surface area contributed by atoms with Crippen LogP contribution in [0.2, 0.25) is 0 Å².